The largest absolute Gasteiger partial charge is 0.497 e. The van der Waals surface area contributed by atoms with Gasteiger partial charge in [-0.05, 0) is 48.3 Å². The molecule has 43 heavy (non-hydrogen) atoms. The number of hydrogen-bond donors (Lipinski definition) is 6. The number of ether oxygens (including phenoxy) is 1. The normalized spacial score (nSPS) is 19.0. The first-order valence-electron chi connectivity index (χ1n) is 14.0. The SMILES string of the molecule is COc1ccc2c(c1)C(c1ccc(Cl)cc1)=NC(CC(=O)NCCNC(=O)Cc1cccc(B(O)O)c1)C1NNC(C)N21. The van der Waals surface area contributed by atoms with E-state index in [0.29, 0.717) is 21.8 Å². The smallest absolute Gasteiger partial charge is 0.488 e. The molecule has 0 saturated carbocycles. The van der Waals surface area contributed by atoms with Crippen LogP contribution in [0.15, 0.2) is 71.7 Å². The molecule has 0 aliphatic carbocycles. The van der Waals surface area contributed by atoms with E-state index in [1.54, 1.807) is 31.4 Å². The third-order valence-electron chi connectivity index (χ3n) is 7.45. The Kier molecular flexibility index (Phi) is 9.64. The van der Waals surface area contributed by atoms with E-state index in [1.165, 1.54) is 0 Å². The van der Waals surface area contributed by atoms with Gasteiger partial charge in [0.05, 0.1) is 37.9 Å². The number of methoxy groups -OCH3 is 1. The molecular formula is C30H34BClN6O5. The molecule has 6 N–H and O–H groups in total. The maximum atomic E-state index is 13.1. The minimum absolute atomic E-state index is 0.0703. The van der Waals surface area contributed by atoms with Gasteiger partial charge in [-0.3, -0.25) is 14.6 Å². The number of aliphatic imine (C=N–C) groups is 1. The Bertz CT molecular complexity index is 1500. The fourth-order valence-corrected chi connectivity index (χ4v) is 5.49. The third kappa shape index (κ3) is 7.18. The lowest BCUT2D eigenvalue weighted by Crippen LogP contribution is -2.48. The van der Waals surface area contributed by atoms with Gasteiger partial charge in [-0.2, -0.15) is 0 Å². The Hall–Kier alpha value is -3.94. The number of halogens is 1. The summed E-state index contributed by atoms with van der Waals surface area (Å²) in [4.78, 5) is 32.9. The van der Waals surface area contributed by atoms with E-state index in [2.05, 4.69) is 26.4 Å². The summed E-state index contributed by atoms with van der Waals surface area (Å²) in [6, 6.07) is 19.4. The third-order valence-corrected chi connectivity index (χ3v) is 7.70. The second-order valence-corrected chi connectivity index (χ2v) is 10.9. The molecule has 0 radical (unpaired) electrons. The molecule has 1 fully saturated rings. The predicted octanol–water partition coefficient (Wildman–Crippen LogP) is 0.700. The number of carbonyl (C=O) groups excluding carboxylic acids is 2. The van der Waals surface area contributed by atoms with E-state index >= 15 is 0 Å². The second-order valence-electron chi connectivity index (χ2n) is 10.5. The molecule has 2 aliphatic rings. The highest BCUT2D eigenvalue weighted by Gasteiger charge is 2.40. The van der Waals surface area contributed by atoms with Crippen LogP contribution in [0.2, 0.25) is 5.02 Å². The summed E-state index contributed by atoms with van der Waals surface area (Å²) in [7, 11) is 0.0260. The number of fused-ring (bicyclic) bond motifs is 3. The molecule has 11 nitrogen and oxygen atoms in total. The predicted molar refractivity (Wildman–Crippen MR) is 166 cm³/mol. The molecule has 0 spiro atoms. The molecule has 224 valence electrons. The number of rotatable bonds is 10. The van der Waals surface area contributed by atoms with Crippen molar-refractivity contribution in [3.63, 3.8) is 0 Å². The summed E-state index contributed by atoms with van der Waals surface area (Å²) in [5.41, 5.74) is 11.0. The molecule has 1 saturated heterocycles. The van der Waals surface area contributed by atoms with Crippen LogP contribution in [0, 0.1) is 0 Å². The lowest BCUT2D eigenvalue weighted by molar-refractivity contribution is -0.122. The highest BCUT2D eigenvalue weighted by molar-refractivity contribution is 6.58. The number of nitrogens with one attached hydrogen (secondary N) is 4. The lowest BCUT2D eigenvalue weighted by atomic mass is 9.79. The minimum atomic E-state index is -1.60. The molecule has 3 atom stereocenters. The summed E-state index contributed by atoms with van der Waals surface area (Å²) in [5.74, 6) is 0.258. The van der Waals surface area contributed by atoms with Gasteiger partial charge in [-0.25, -0.2) is 10.9 Å². The lowest BCUT2D eigenvalue weighted by Gasteiger charge is -2.31. The van der Waals surface area contributed by atoms with Crippen LogP contribution in [0.5, 0.6) is 5.75 Å². The van der Waals surface area contributed by atoms with Crippen molar-refractivity contribution >= 4 is 47.4 Å². The summed E-state index contributed by atoms with van der Waals surface area (Å²) in [6.07, 6.45) is -0.183. The molecule has 13 heteroatoms. The van der Waals surface area contributed by atoms with Gasteiger partial charge in [-0.15, -0.1) is 0 Å². The maximum Gasteiger partial charge on any atom is 0.488 e. The summed E-state index contributed by atoms with van der Waals surface area (Å²) in [5, 5.41) is 25.0. The Labute approximate surface area is 255 Å². The van der Waals surface area contributed by atoms with Crippen molar-refractivity contribution in [1.29, 1.82) is 0 Å². The first-order valence-corrected chi connectivity index (χ1v) is 14.4. The number of carbonyl (C=O) groups is 2. The zero-order chi connectivity index (χ0) is 30.5. The average molecular weight is 605 g/mol. The topological polar surface area (TPSA) is 148 Å². The minimum Gasteiger partial charge on any atom is -0.497 e. The van der Waals surface area contributed by atoms with Gasteiger partial charge in [-0.1, -0.05) is 48.0 Å². The molecule has 3 unspecified atom stereocenters. The van der Waals surface area contributed by atoms with Gasteiger partial charge in [0.25, 0.3) is 0 Å². The maximum absolute atomic E-state index is 13.1. The highest BCUT2D eigenvalue weighted by Crippen LogP contribution is 2.36. The Morgan fingerprint density at radius 1 is 1.02 bits per heavy atom. The fourth-order valence-electron chi connectivity index (χ4n) is 5.36. The Balaban J connectivity index is 1.28. The Morgan fingerprint density at radius 3 is 2.49 bits per heavy atom. The van der Waals surface area contributed by atoms with Crippen molar-refractivity contribution in [2.45, 2.75) is 38.1 Å². The van der Waals surface area contributed by atoms with Gasteiger partial charge in [0, 0.05) is 34.9 Å². The van der Waals surface area contributed by atoms with E-state index < -0.39 is 13.2 Å². The second kappa shape index (κ2) is 13.6. The quantitative estimate of drug-likeness (QED) is 0.146. The van der Waals surface area contributed by atoms with Crippen LogP contribution in [-0.2, 0) is 16.0 Å². The van der Waals surface area contributed by atoms with Gasteiger partial charge < -0.3 is 30.3 Å². The molecule has 2 amide bonds. The van der Waals surface area contributed by atoms with E-state index in [-0.39, 0.29) is 50.1 Å². The average Bonchev–Trinajstić information content (AvgIpc) is 3.32. The zero-order valence-corrected chi connectivity index (χ0v) is 24.6. The van der Waals surface area contributed by atoms with Crippen molar-refractivity contribution in [2.75, 3.05) is 25.1 Å². The van der Waals surface area contributed by atoms with Gasteiger partial charge >= 0.3 is 7.12 Å². The van der Waals surface area contributed by atoms with E-state index in [0.717, 1.165) is 22.5 Å². The Morgan fingerprint density at radius 2 is 1.77 bits per heavy atom. The van der Waals surface area contributed by atoms with E-state index in [1.807, 2.05) is 49.4 Å². The molecule has 2 aliphatic heterocycles. The van der Waals surface area contributed by atoms with Gasteiger partial charge in [0.2, 0.25) is 11.8 Å². The standard InChI is InChI=1S/C30H34BClN6O5/c1-18-36-37-30-25(17-28(40)34-13-12-33-27(39)15-19-4-3-5-21(14-19)31(41)42)35-29(20-6-8-22(32)9-7-20)24-16-23(43-2)10-11-26(24)38(18)30/h3-11,14,16,18,25,30,36-37,41-42H,12-13,15,17H2,1-2H3,(H,33,39)(H,34,40). The first kappa shape index (κ1) is 30.5. The molecule has 3 aromatic rings. The summed E-state index contributed by atoms with van der Waals surface area (Å²) >= 11 is 6.18. The van der Waals surface area contributed by atoms with Crippen LogP contribution in [0.1, 0.15) is 30.0 Å². The van der Waals surface area contributed by atoms with Crippen molar-refractivity contribution in [2.24, 2.45) is 4.99 Å². The monoisotopic (exact) mass is 604 g/mol. The highest BCUT2D eigenvalue weighted by atomic mass is 35.5. The zero-order valence-electron chi connectivity index (χ0n) is 23.9. The fraction of sp³-hybridized carbons (Fsp3) is 0.300. The number of nitrogens with zero attached hydrogens (tertiary/aromatic N) is 2. The number of hydrazine groups is 1. The van der Waals surface area contributed by atoms with E-state index in [4.69, 9.17) is 21.3 Å². The molecule has 5 rings (SSSR count). The van der Waals surface area contributed by atoms with Crippen molar-refractivity contribution in [3.05, 3.63) is 88.4 Å². The molecule has 0 bridgehead atoms. The van der Waals surface area contributed by atoms with Crippen molar-refractivity contribution in [1.82, 2.24) is 21.5 Å². The molecule has 0 aromatic heterocycles. The number of hydrogen-bond acceptors (Lipinski definition) is 9. The van der Waals surface area contributed by atoms with Crippen LogP contribution in [0.4, 0.5) is 5.69 Å². The van der Waals surface area contributed by atoms with Crippen LogP contribution >= 0.6 is 11.6 Å². The molecule has 2 heterocycles. The summed E-state index contributed by atoms with van der Waals surface area (Å²) < 4.78 is 5.53. The number of anilines is 1. The van der Waals surface area contributed by atoms with E-state index in [9.17, 15) is 19.6 Å². The van der Waals surface area contributed by atoms with Gasteiger partial charge in [0.1, 0.15) is 11.9 Å². The number of amides is 2. The van der Waals surface area contributed by atoms with Crippen LogP contribution < -0.4 is 36.6 Å². The van der Waals surface area contributed by atoms with Crippen LogP contribution in [0.25, 0.3) is 0 Å². The number of benzene rings is 3. The van der Waals surface area contributed by atoms with Crippen molar-refractivity contribution in [3.8, 4) is 5.75 Å². The summed E-state index contributed by atoms with van der Waals surface area (Å²) in [6.45, 7) is 2.53. The molecule has 3 aromatic carbocycles. The van der Waals surface area contributed by atoms with Crippen molar-refractivity contribution < 1.29 is 24.4 Å². The first-order chi connectivity index (χ1) is 20.7. The van der Waals surface area contributed by atoms with Gasteiger partial charge in [0.15, 0.2) is 0 Å². The molecular weight excluding hydrogens is 571 g/mol. The van der Waals surface area contributed by atoms with Crippen LogP contribution in [0.3, 0.4) is 0 Å². The van der Waals surface area contributed by atoms with Crippen LogP contribution in [-0.4, -0.2) is 73.3 Å².